The summed E-state index contributed by atoms with van der Waals surface area (Å²) in [6.45, 7) is 0. The number of halogens is 1. The lowest BCUT2D eigenvalue weighted by molar-refractivity contribution is 0.414. The molecular weight excluding hydrogens is 292 g/mol. The van der Waals surface area contributed by atoms with Crippen LogP contribution in [0.15, 0.2) is 47.1 Å². The summed E-state index contributed by atoms with van der Waals surface area (Å²) in [6.07, 6.45) is 2.48. The lowest BCUT2D eigenvalue weighted by atomic mass is 10.0. The molecule has 1 aromatic carbocycles. The summed E-state index contributed by atoms with van der Waals surface area (Å²) in [6, 6.07) is 11.6. The molecule has 0 saturated carbocycles. The second-order valence-electron chi connectivity index (χ2n) is 4.03. The number of aromatic nitrogens is 1. The van der Waals surface area contributed by atoms with Crippen molar-refractivity contribution in [2.75, 3.05) is 7.11 Å². The van der Waals surface area contributed by atoms with Gasteiger partial charge in [-0.25, -0.2) is 0 Å². The Morgan fingerprint density at radius 2 is 2.17 bits per heavy atom. The second kappa shape index (κ2) is 5.98. The van der Waals surface area contributed by atoms with Gasteiger partial charge in [0.2, 0.25) is 0 Å². The minimum atomic E-state index is -0.132. The number of benzene rings is 1. The molecule has 0 aliphatic carbocycles. The number of rotatable bonds is 4. The summed E-state index contributed by atoms with van der Waals surface area (Å²) >= 11 is 3.47. The first-order valence-corrected chi connectivity index (χ1v) is 6.49. The molecule has 2 aromatic rings. The molecule has 94 valence electrons. The molecule has 1 unspecified atom stereocenters. The van der Waals surface area contributed by atoms with Gasteiger partial charge < -0.3 is 10.5 Å². The van der Waals surface area contributed by atoms with Gasteiger partial charge in [0.05, 0.1) is 18.8 Å². The first-order chi connectivity index (χ1) is 8.70. The minimum absolute atomic E-state index is 0.132. The second-order valence-corrected chi connectivity index (χ2v) is 4.89. The van der Waals surface area contributed by atoms with E-state index in [1.807, 2.05) is 36.4 Å². The van der Waals surface area contributed by atoms with Crippen molar-refractivity contribution < 1.29 is 4.74 Å². The molecule has 2 rings (SSSR count). The van der Waals surface area contributed by atoms with E-state index in [2.05, 4.69) is 20.9 Å². The Balaban J connectivity index is 2.16. The fourth-order valence-electron chi connectivity index (χ4n) is 1.82. The van der Waals surface area contributed by atoms with Crippen LogP contribution >= 0.6 is 15.9 Å². The molecule has 0 spiro atoms. The molecule has 0 radical (unpaired) electrons. The van der Waals surface area contributed by atoms with Gasteiger partial charge in [0.1, 0.15) is 5.75 Å². The largest absolute Gasteiger partial charge is 0.497 e. The van der Waals surface area contributed by atoms with E-state index in [9.17, 15) is 0 Å². The summed E-state index contributed by atoms with van der Waals surface area (Å²) in [7, 11) is 1.66. The fraction of sp³-hybridized carbons (Fsp3) is 0.214. The maximum Gasteiger partial charge on any atom is 0.119 e. The molecule has 1 heterocycles. The van der Waals surface area contributed by atoms with Crippen LogP contribution in [0.2, 0.25) is 0 Å². The Bertz CT molecular complexity index is 531. The van der Waals surface area contributed by atoms with Crippen molar-refractivity contribution >= 4 is 15.9 Å². The standard InChI is InChI=1S/C14H15BrN2O/c1-18-11-5-2-4-10(8-11)9-13(16)14-12(15)6-3-7-17-14/h2-8,13H,9,16H2,1H3. The van der Waals surface area contributed by atoms with Gasteiger partial charge in [-0.3, -0.25) is 4.98 Å². The van der Waals surface area contributed by atoms with Gasteiger partial charge in [-0.1, -0.05) is 12.1 Å². The molecule has 0 amide bonds. The molecule has 0 fully saturated rings. The zero-order chi connectivity index (χ0) is 13.0. The van der Waals surface area contributed by atoms with Crippen LogP contribution in [0.5, 0.6) is 5.75 Å². The zero-order valence-electron chi connectivity index (χ0n) is 10.1. The monoisotopic (exact) mass is 306 g/mol. The molecule has 0 bridgehead atoms. The Labute approximate surface area is 115 Å². The SMILES string of the molecule is COc1cccc(CC(N)c2ncccc2Br)c1. The van der Waals surface area contributed by atoms with E-state index in [0.29, 0.717) is 0 Å². The normalized spacial score (nSPS) is 12.2. The van der Waals surface area contributed by atoms with E-state index in [-0.39, 0.29) is 6.04 Å². The molecule has 1 atom stereocenters. The van der Waals surface area contributed by atoms with Gasteiger partial charge in [0.25, 0.3) is 0 Å². The Morgan fingerprint density at radius 3 is 2.89 bits per heavy atom. The third-order valence-corrected chi connectivity index (χ3v) is 3.40. The van der Waals surface area contributed by atoms with E-state index >= 15 is 0 Å². The van der Waals surface area contributed by atoms with Crippen molar-refractivity contribution in [1.82, 2.24) is 4.98 Å². The van der Waals surface area contributed by atoms with Gasteiger partial charge in [-0.2, -0.15) is 0 Å². The van der Waals surface area contributed by atoms with Crippen LogP contribution in [-0.2, 0) is 6.42 Å². The molecule has 2 N–H and O–H groups in total. The van der Waals surface area contributed by atoms with Crippen molar-refractivity contribution in [2.24, 2.45) is 5.73 Å². The summed E-state index contributed by atoms with van der Waals surface area (Å²) < 4.78 is 6.14. The topological polar surface area (TPSA) is 48.1 Å². The maximum atomic E-state index is 6.19. The smallest absolute Gasteiger partial charge is 0.119 e. The molecular formula is C14H15BrN2O. The Hall–Kier alpha value is -1.39. The van der Waals surface area contributed by atoms with Gasteiger partial charge in [0.15, 0.2) is 0 Å². The third-order valence-electron chi connectivity index (χ3n) is 2.73. The average Bonchev–Trinajstić information content (AvgIpc) is 2.39. The van der Waals surface area contributed by atoms with Crippen molar-refractivity contribution in [2.45, 2.75) is 12.5 Å². The Morgan fingerprint density at radius 1 is 1.33 bits per heavy atom. The van der Waals surface area contributed by atoms with Gasteiger partial charge in [-0.05, 0) is 52.2 Å². The number of ether oxygens (including phenoxy) is 1. The van der Waals surface area contributed by atoms with Crippen molar-refractivity contribution in [1.29, 1.82) is 0 Å². The third kappa shape index (κ3) is 3.09. The first kappa shape index (κ1) is 13.1. The summed E-state index contributed by atoms with van der Waals surface area (Å²) in [4.78, 5) is 4.31. The molecule has 1 aromatic heterocycles. The number of hydrogen-bond acceptors (Lipinski definition) is 3. The van der Waals surface area contributed by atoms with Gasteiger partial charge in [0, 0.05) is 10.7 Å². The number of pyridine rings is 1. The van der Waals surface area contributed by atoms with Crippen LogP contribution in [0.25, 0.3) is 0 Å². The van der Waals surface area contributed by atoms with Crippen LogP contribution in [0, 0.1) is 0 Å². The van der Waals surface area contributed by atoms with Crippen LogP contribution in [0.3, 0.4) is 0 Å². The summed E-state index contributed by atoms with van der Waals surface area (Å²) in [5, 5.41) is 0. The van der Waals surface area contributed by atoms with E-state index in [0.717, 1.165) is 27.9 Å². The highest BCUT2D eigenvalue weighted by Crippen LogP contribution is 2.23. The molecule has 18 heavy (non-hydrogen) atoms. The minimum Gasteiger partial charge on any atom is -0.497 e. The summed E-state index contributed by atoms with van der Waals surface area (Å²) in [5.41, 5.74) is 8.20. The fourth-order valence-corrected chi connectivity index (χ4v) is 2.37. The van der Waals surface area contributed by atoms with E-state index in [1.54, 1.807) is 13.3 Å². The van der Waals surface area contributed by atoms with E-state index in [1.165, 1.54) is 0 Å². The highest BCUT2D eigenvalue weighted by molar-refractivity contribution is 9.10. The quantitative estimate of drug-likeness (QED) is 0.944. The predicted molar refractivity (Wildman–Crippen MR) is 75.6 cm³/mol. The van der Waals surface area contributed by atoms with Crippen molar-refractivity contribution in [3.8, 4) is 5.75 Å². The molecule has 0 aliphatic rings. The highest BCUT2D eigenvalue weighted by atomic mass is 79.9. The van der Waals surface area contributed by atoms with E-state index < -0.39 is 0 Å². The van der Waals surface area contributed by atoms with Gasteiger partial charge in [-0.15, -0.1) is 0 Å². The maximum absolute atomic E-state index is 6.19. The number of nitrogens with two attached hydrogens (primary N) is 1. The number of nitrogens with zero attached hydrogens (tertiary/aromatic N) is 1. The molecule has 3 nitrogen and oxygen atoms in total. The lowest BCUT2D eigenvalue weighted by Gasteiger charge is -2.13. The lowest BCUT2D eigenvalue weighted by Crippen LogP contribution is -2.15. The molecule has 0 aliphatic heterocycles. The van der Waals surface area contributed by atoms with Crippen LogP contribution < -0.4 is 10.5 Å². The summed E-state index contributed by atoms with van der Waals surface area (Å²) in [5.74, 6) is 0.847. The zero-order valence-corrected chi connectivity index (χ0v) is 11.7. The predicted octanol–water partition coefficient (Wildman–Crippen LogP) is 3.10. The van der Waals surface area contributed by atoms with Crippen LogP contribution in [0.4, 0.5) is 0 Å². The highest BCUT2D eigenvalue weighted by Gasteiger charge is 2.12. The van der Waals surface area contributed by atoms with Crippen LogP contribution in [-0.4, -0.2) is 12.1 Å². The molecule has 0 saturated heterocycles. The van der Waals surface area contributed by atoms with Crippen molar-refractivity contribution in [3.05, 3.63) is 58.3 Å². The van der Waals surface area contributed by atoms with E-state index in [4.69, 9.17) is 10.5 Å². The van der Waals surface area contributed by atoms with Gasteiger partial charge >= 0.3 is 0 Å². The average molecular weight is 307 g/mol. The van der Waals surface area contributed by atoms with Crippen molar-refractivity contribution in [3.63, 3.8) is 0 Å². The van der Waals surface area contributed by atoms with Crippen LogP contribution in [0.1, 0.15) is 17.3 Å². The number of hydrogen-bond donors (Lipinski definition) is 1. The number of methoxy groups -OCH3 is 1. The first-order valence-electron chi connectivity index (χ1n) is 5.69. The Kier molecular flexibility index (Phi) is 4.33. The molecule has 4 heteroatoms.